The zero-order chi connectivity index (χ0) is 11.2. The summed E-state index contributed by atoms with van der Waals surface area (Å²) in [7, 11) is 0. The van der Waals surface area contributed by atoms with Crippen LogP contribution in [-0.4, -0.2) is 17.8 Å². The van der Waals surface area contributed by atoms with Gasteiger partial charge in [0.1, 0.15) is 0 Å². The molecule has 2 nitrogen and oxygen atoms in total. The highest BCUT2D eigenvalue weighted by Crippen LogP contribution is 2.50. The number of aliphatic hydroxyl groups excluding tert-OH is 1. The van der Waals surface area contributed by atoms with E-state index in [-0.39, 0.29) is 11.5 Å². The molecule has 3 N–H and O–H groups in total. The lowest BCUT2D eigenvalue weighted by Crippen LogP contribution is -2.50. The lowest BCUT2D eigenvalue weighted by Gasteiger charge is -2.46. The van der Waals surface area contributed by atoms with Gasteiger partial charge in [0.2, 0.25) is 0 Å². The molecule has 86 valence electrons. The molecule has 0 unspecified atom stereocenters. The summed E-state index contributed by atoms with van der Waals surface area (Å²) in [5.74, 6) is 0.761. The van der Waals surface area contributed by atoms with Crippen LogP contribution in [0.4, 0.5) is 0 Å². The average Bonchev–Trinajstić information content (AvgIpc) is 3.08. The fourth-order valence-electron chi connectivity index (χ4n) is 3.07. The van der Waals surface area contributed by atoms with Gasteiger partial charge in [-0.05, 0) is 42.7 Å². The fourth-order valence-corrected chi connectivity index (χ4v) is 3.07. The van der Waals surface area contributed by atoms with Crippen molar-refractivity contribution in [1.82, 2.24) is 0 Å². The first-order chi connectivity index (χ1) is 7.75. The summed E-state index contributed by atoms with van der Waals surface area (Å²) in [5.41, 5.74) is 8.90. The predicted octanol–water partition coefficient (Wildman–Crippen LogP) is 1.92. The van der Waals surface area contributed by atoms with Gasteiger partial charge in [0, 0.05) is 12.0 Å². The molecule has 2 aliphatic rings. The summed E-state index contributed by atoms with van der Waals surface area (Å²) in [5, 5.41) is 9.57. The third-order valence-electron chi connectivity index (χ3n) is 4.19. The number of hydrogen-bond donors (Lipinski definition) is 2. The van der Waals surface area contributed by atoms with Gasteiger partial charge in [-0.15, -0.1) is 0 Å². The van der Waals surface area contributed by atoms with Crippen molar-refractivity contribution in [1.29, 1.82) is 0 Å². The minimum Gasteiger partial charge on any atom is -0.393 e. The van der Waals surface area contributed by atoms with E-state index < -0.39 is 0 Å². The average molecular weight is 217 g/mol. The Morgan fingerprint density at radius 3 is 2.50 bits per heavy atom. The Morgan fingerprint density at radius 2 is 1.94 bits per heavy atom. The van der Waals surface area contributed by atoms with Crippen LogP contribution in [0.25, 0.3) is 0 Å². The van der Waals surface area contributed by atoms with Crippen LogP contribution in [0.3, 0.4) is 0 Å². The quantitative estimate of drug-likeness (QED) is 0.812. The first kappa shape index (κ1) is 10.3. The van der Waals surface area contributed by atoms with Crippen molar-refractivity contribution in [2.24, 2.45) is 5.73 Å². The highest BCUT2D eigenvalue weighted by molar-refractivity contribution is 5.41. The summed E-state index contributed by atoms with van der Waals surface area (Å²) >= 11 is 0. The zero-order valence-corrected chi connectivity index (χ0v) is 9.52. The Hall–Kier alpha value is -0.860. The molecule has 0 atom stereocenters. The van der Waals surface area contributed by atoms with Gasteiger partial charge < -0.3 is 10.8 Å². The lowest BCUT2D eigenvalue weighted by molar-refractivity contribution is 0.0217. The molecule has 0 radical (unpaired) electrons. The van der Waals surface area contributed by atoms with E-state index in [9.17, 15) is 5.11 Å². The molecule has 0 aliphatic heterocycles. The Balaban J connectivity index is 1.98. The van der Waals surface area contributed by atoms with Gasteiger partial charge in [-0.25, -0.2) is 0 Å². The van der Waals surface area contributed by atoms with Crippen molar-refractivity contribution in [2.75, 3.05) is 6.54 Å². The van der Waals surface area contributed by atoms with Crippen LogP contribution in [0, 0.1) is 0 Å². The van der Waals surface area contributed by atoms with Gasteiger partial charge in [0.25, 0.3) is 0 Å². The third kappa shape index (κ3) is 1.48. The summed E-state index contributed by atoms with van der Waals surface area (Å²) < 4.78 is 0. The second-order valence-electron chi connectivity index (χ2n) is 5.41. The van der Waals surface area contributed by atoms with Crippen molar-refractivity contribution >= 4 is 0 Å². The SMILES string of the molecule is NCC1(c2ccccc2C2CC2)CC(O)C1. The van der Waals surface area contributed by atoms with Gasteiger partial charge >= 0.3 is 0 Å². The molecule has 1 aromatic rings. The van der Waals surface area contributed by atoms with Crippen LogP contribution >= 0.6 is 0 Å². The number of hydrogen-bond acceptors (Lipinski definition) is 2. The van der Waals surface area contributed by atoms with Crippen LogP contribution in [-0.2, 0) is 5.41 Å². The highest BCUT2D eigenvalue weighted by atomic mass is 16.3. The molecule has 0 saturated heterocycles. The normalized spacial score (nSPS) is 33.5. The highest BCUT2D eigenvalue weighted by Gasteiger charge is 2.46. The maximum Gasteiger partial charge on any atom is 0.0558 e. The van der Waals surface area contributed by atoms with Gasteiger partial charge in [-0.1, -0.05) is 24.3 Å². The number of nitrogens with two attached hydrogens (primary N) is 1. The zero-order valence-electron chi connectivity index (χ0n) is 9.52. The molecule has 3 rings (SSSR count). The van der Waals surface area contributed by atoms with E-state index in [1.165, 1.54) is 24.0 Å². The van der Waals surface area contributed by atoms with E-state index in [1.807, 2.05) is 0 Å². The molecule has 2 saturated carbocycles. The second kappa shape index (κ2) is 3.57. The minimum absolute atomic E-state index is 0.0681. The van der Waals surface area contributed by atoms with Crippen molar-refractivity contribution in [2.45, 2.75) is 43.1 Å². The smallest absolute Gasteiger partial charge is 0.0558 e. The number of aliphatic hydroxyl groups is 1. The Labute approximate surface area is 96.5 Å². The molecule has 0 bridgehead atoms. The van der Waals surface area contributed by atoms with Crippen molar-refractivity contribution in [3.63, 3.8) is 0 Å². The Morgan fingerprint density at radius 1 is 1.25 bits per heavy atom. The number of rotatable bonds is 3. The summed E-state index contributed by atoms with van der Waals surface area (Å²) in [6.45, 7) is 0.661. The van der Waals surface area contributed by atoms with Gasteiger partial charge in [-0.2, -0.15) is 0 Å². The maximum atomic E-state index is 9.57. The molecule has 2 aliphatic carbocycles. The van der Waals surface area contributed by atoms with E-state index in [0.717, 1.165) is 18.8 Å². The number of benzene rings is 1. The molecule has 0 heterocycles. The van der Waals surface area contributed by atoms with E-state index >= 15 is 0 Å². The Kier molecular flexibility index (Phi) is 2.30. The second-order valence-corrected chi connectivity index (χ2v) is 5.41. The van der Waals surface area contributed by atoms with Crippen LogP contribution in [0.5, 0.6) is 0 Å². The summed E-state index contributed by atoms with van der Waals surface area (Å²) in [6, 6.07) is 8.68. The maximum absolute atomic E-state index is 9.57. The van der Waals surface area contributed by atoms with Crippen LogP contribution in [0.2, 0.25) is 0 Å². The monoisotopic (exact) mass is 217 g/mol. The lowest BCUT2D eigenvalue weighted by atomic mass is 9.61. The topological polar surface area (TPSA) is 46.2 Å². The fraction of sp³-hybridized carbons (Fsp3) is 0.571. The molecule has 1 aromatic carbocycles. The van der Waals surface area contributed by atoms with Crippen LogP contribution < -0.4 is 5.73 Å². The molecule has 0 spiro atoms. The molecule has 2 fully saturated rings. The van der Waals surface area contributed by atoms with E-state index in [4.69, 9.17) is 5.73 Å². The van der Waals surface area contributed by atoms with E-state index in [1.54, 1.807) is 0 Å². The first-order valence-corrected chi connectivity index (χ1v) is 6.23. The van der Waals surface area contributed by atoms with E-state index in [0.29, 0.717) is 6.54 Å². The molecule has 2 heteroatoms. The van der Waals surface area contributed by atoms with Gasteiger partial charge in [0.15, 0.2) is 0 Å². The molecule has 16 heavy (non-hydrogen) atoms. The van der Waals surface area contributed by atoms with Crippen LogP contribution in [0.1, 0.15) is 42.7 Å². The van der Waals surface area contributed by atoms with Gasteiger partial charge in [0.05, 0.1) is 6.10 Å². The predicted molar refractivity (Wildman–Crippen MR) is 64.4 cm³/mol. The summed E-state index contributed by atoms with van der Waals surface area (Å²) in [6.07, 6.45) is 4.18. The molecule has 0 amide bonds. The molecule has 0 aromatic heterocycles. The van der Waals surface area contributed by atoms with Gasteiger partial charge in [-0.3, -0.25) is 0 Å². The standard InChI is InChI=1S/C14H19NO/c15-9-14(7-11(16)8-14)13-4-2-1-3-12(13)10-5-6-10/h1-4,10-11,16H,5-9,15H2. The van der Waals surface area contributed by atoms with Crippen molar-refractivity contribution in [3.05, 3.63) is 35.4 Å². The van der Waals surface area contributed by atoms with Crippen molar-refractivity contribution in [3.8, 4) is 0 Å². The molecular formula is C14H19NO. The Bertz CT molecular complexity index is 391. The molecular weight excluding hydrogens is 198 g/mol. The minimum atomic E-state index is -0.143. The largest absolute Gasteiger partial charge is 0.393 e. The first-order valence-electron chi connectivity index (χ1n) is 6.23. The van der Waals surface area contributed by atoms with Crippen LogP contribution in [0.15, 0.2) is 24.3 Å². The summed E-state index contributed by atoms with van der Waals surface area (Å²) in [4.78, 5) is 0. The van der Waals surface area contributed by atoms with E-state index in [2.05, 4.69) is 24.3 Å². The van der Waals surface area contributed by atoms with Crippen molar-refractivity contribution < 1.29 is 5.11 Å². The third-order valence-corrected chi connectivity index (χ3v) is 4.19.